The predicted octanol–water partition coefficient (Wildman–Crippen LogP) is 4.37. The maximum atomic E-state index is 4.39. The lowest BCUT2D eigenvalue weighted by Crippen LogP contribution is -2.03. The molecule has 88 valence electrons. The topological polar surface area (TPSA) is 24.9 Å². The van der Waals surface area contributed by atoms with E-state index in [1.807, 2.05) is 18.2 Å². The van der Waals surface area contributed by atoms with Crippen molar-refractivity contribution in [2.45, 2.75) is 13.5 Å². The molecule has 1 N–H and O–H groups in total. The van der Waals surface area contributed by atoms with Gasteiger partial charge in [0.05, 0.1) is 12.2 Å². The highest BCUT2D eigenvalue weighted by atomic mass is 127. The molecule has 0 unspecified atom stereocenters. The molecule has 0 amide bonds. The summed E-state index contributed by atoms with van der Waals surface area (Å²) in [5.41, 5.74) is 3.44. The van der Waals surface area contributed by atoms with Crippen LogP contribution in [0.15, 0.2) is 41.0 Å². The average Bonchev–Trinajstić information content (AvgIpc) is 2.28. The molecule has 0 saturated carbocycles. The number of aromatic nitrogens is 1. The SMILES string of the molecule is Cc1cc(I)ccc1NCc1cccc(Br)n1. The van der Waals surface area contributed by atoms with Gasteiger partial charge in [0.15, 0.2) is 0 Å². The zero-order valence-electron chi connectivity index (χ0n) is 9.37. The molecule has 1 heterocycles. The van der Waals surface area contributed by atoms with Gasteiger partial charge in [-0.3, -0.25) is 0 Å². The van der Waals surface area contributed by atoms with Crippen molar-refractivity contribution in [1.29, 1.82) is 0 Å². The van der Waals surface area contributed by atoms with Gasteiger partial charge in [-0.05, 0) is 81.3 Å². The largest absolute Gasteiger partial charge is 0.379 e. The lowest BCUT2D eigenvalue weighted by molar-refractivity contribution is 1.03. The standard InChI is InChI=1S/C13H12BrIN2/c1-9-7-10(15)5-6-12(9)16-8-11-3-2-4-13(14)17-11/h2-7,16H,8H2,1H3. The van der Waals surface area contributed by atoms with Crippen LogP contribution in [-0.4, -0.2) is 4.98 Å². The van der Waals surface area contributed by atoms with Crippen molar-refractivity contribution in [2.75, 3.05) is 5.32 Å². The fourth-order valence-corrected chi connectivity index (χ4v) is 2.59. The molecule has 17 heavy (non-hydrogen) atoms. The molecule has 0 saturated heterocycles. The normalized spacial score (nSPS) is 10.3. The molecule has 0 atom stereocenters. The first kappa shape index (κ1) is 12.8. The lowest BCUT2D eigenvalue weighted by Gasteiger charge is -2.09. The Kier molecular flexibility index (Phi) is 4.39. The molecule has 0 spiro atoms. The third-order valence-electron chi connectivity index (χ3n) is 2.42. The van der Waals surface area contributed by atoms with Crippen molar-refractivity contribution >= 4 is 44.2 Å². The van der Waals surface area contributed by atoms with Gasteiger partial charge in [-0.25, -0.2) is 4.98 Å². The van der Waals surface area contributed by atoms with Crippen molar-refractivity contribution in [1.82, 2.24) is 4.98 Å². The molecule has 2 rings (SSSR count). The van der Waals surface area contributed by atoms with Crippen molar-refractivity contribution in [3.05, 3.63) is 55.8 Å². The Morgan fingerprint density at radius 2 is 2.12 bits per heavy atom. The number of halogens is 2. The lowest BCUT2D eigenvalue weighted by atomic mass is 10.2. The van der Waals surface area contributed by atoms with Gasteiger partial charge in [-0.2, -0.15) is 0 Å². The molecular formula is C13H12BrIN2. The van der Waals surface area contributed by atoms with Gasteiger partial charge in [0.1, 0.15) is 4.60 Å². The van der Waals surface area contributed by atoms with Gasteiger partial charge in [-0.15, -0.1) is 0 Å². The Morgan fingerprint density at radius 3 is 2.82 bits per heavy atom. The van der Waals surface area contributed by atoms with E-state index in [0.29, 0.717) is 0 Å². The number of hydrogen-bond acceptors (Lipinski definition) is 2. The smallest absolute Gasteiger partial charge is 0.106 e. The number of anilines is 1. The second-order valence-electron chi connectivity index (χ2n) is 3.76. The number of nitrogens with zero attached hydrogens (tertiary/aromatic N) is 1. The molecule has 0 fully saturated rings. The van der Waals surface area contributed by atoms with Crippen LogP contribution in [0.2, 0.25) is 0 Å². The van der Waals surface area contributed by atoms with Crippen LogP contribution in [0.3, 0.4) is 0 Å². The Labute approximate surface area is 123 Å². The number of pyridine rings is 1. The summed E-state index contributed by atoms with van der Waals surface area (Å²) >= 11 is 5.69. The molecule has 2 aromatic rings. The first-order valence-electron chi connectivity index (χ1n) is 5.26. The highest BCUT2D eigenvalue weighted by molar-refractivity contribution is 14.1. The maximum Gasteiger partial charge on any atom is 0.106 e. The minimum Gasteiger partial charge on any atom is -0.379 e. The molecule has 0 aliphatic heterocycles. The number of hydrogen-bond donors (Lipinski definition) is 1. The quantitative estimate of drug-likeness (QED) is 0.609. The van der Waals surface area contributed by atoms with Crippen LogP contribution in [0.1, 0.15) is 11.3 Å². The average molecular weight is 403 g/mol. The van der Waals surface area contributed by atoms with Crippen LogP contribution in [0, 0.1) is 10.5 Å². The van der Waals surface area contributed by atoms with E-state index in [-0.39, 0.29) is 0 Å². The van der Waals surface area contributed by atoms with Gasteiger partial charge < -0.3 is 5.32 Å². The van der Waals surface area contributed by atoms with Crippen LogP contribution in [0.25, 0.3) is 0 Å². The van der Waals surface area contributed by atoms with Gasteiger partial charge in [0.25, 0.3) is 0 Å². The summed E-state index contributed by atoms with van der Waals surface area (Å²) in [5, 5.41) is 3.40. The first-order chi connectivity index (χ1) is 8.15. The monoisotopic (exact) mass is 402 g/mol. The third-order valence-corrected chi connectivity index (χ3v) is 3.53. The van der Waals surface area contributed by atoms with E-state index in [1.165, 1.54) is 9.13 Å². The molecule has 0 aliphatic rings. The minimum atomic E-state index is 0.737. The van der Waals surface area contributed by atoms with Crippen LogP contribution >= 0.6 is 38.5 Å². The van der Waals surface area contributed by atoms with Gasteiger partial charge in [0, 0.05) is 9.26 Å². The number of nitrogens with one attached hydrogen (secondary N) is 1. The fourth-order valence-electron chi connectivity index (χ4n) is 1.56. The molecular weight excluding hydrogens is 391 g/mol. The van der Waals surface area contributed by atoms with Gasteiger partial charge in [0.2, 0.25) is 0 Å². The summed E-state index contributed by atoms with van der Waals surface area (Å²) in [6.07, 6.45) is 0. The highest BCUT2D eigenvalue weighted by Gasteiger charge is 2.00. The first-order valence-corrected chi connectivity index (χ1v) is 7.14. The van der Waals surface area contributed by atoms with Crippen LogP contribution < -0.4 is 5.32 Å². The summed E-state index contributed by atoms with van der Waals surface area (Å²) < 4.78 is 2.13. The summed E-state index contributed by atoms with van der Waals surface area (Å²) in [6, 6.07) is 12.3. The second-order valence-corrected chi connectivity index (χ2v) is 5.82. The Morgan fingerprint density at radius 1 is 1.29 bits per heavy atom. The number of aryl methyl sites for hydroxylation is 1. The number of rotatable bonds is 3. The van der Waals surface area contributed by atoms with E-state index in [9.17, 15) is 0 Å². The van der Waals surface area contributed by atoms with E-state index in [2.05, 4.69) is 73.9 Å². The van der Waals surface area contributed by atoms with Gasteiger partial charge in [-0.1, -0.05) is 6.07 Å². The summed E-state index contributed by atoms with van der Waals surface area (Å²) in [7, 11) is 0. The molecule has 2 nitrogen and oxygen atoms in total. The summed E-state index contributed by atoms with van der Waals surface area (Å²) in [4.78, 5) is 4.39. The fraction of sp³-hybridized carbons (Fsp3) is 0.154. The predicted molar refractivity (Wildman–Crippen MR) is 83.2 cm³/mol. The van der Waals surface area contributed by atoms with Crippen molar-refractivity contribution in [3.8, 4) is 0 Å². The Balaban J connectivity index is 2.07. The second kappa shape index (κ2) is 5.82. The van der Waals surface area contributed by atoms with Crippen LogP contribution in [-0.2, 0) is 6.54 Å². The molecule has 1 aromatic heterocycles. The van der Waals surface area contributed by atoms with E-state index < -0.39 is 0 Å². The molecule has 0 bridgehead atoms. The van der Waals surface area contributed by atoms with E-state index in [0.717, 1.165) is 22.5 Å². The van der Waals surface area contributed by atoms with Crippen LogP contribution in [0.4, 0.5) is 5.69 Å². The Bertz CT molecular complexity index is 529. The van der Waals surface area contributed by atoms with E-state index in [1.54, 1.807) is 0 Å². The van der Waals surface area contributed by atoms with E-state index >= 15 is 0 Å². The zero-order chi connectivity index (χ0) is 12.3. The molecule has 0 aliphatic carbocycles. The van der Waals surface area contributed by atoms with Crippen molar-refractivity contribution in [2.24, 2.45) is 0 Å². The highest BCUT2D eigenvalue weighted by Crippen LogP contribution is 2.18. The van der Waals surface area contributed by atoms with Gasteiger partial charge >= 0.3 is 0 Å². The van der Waals surface area contributed by atoms with E-state index in [4.69, 9.17) is 0 Å². The van der Waals surface area contributed by atoms with Crippen molar-refractivity contribution < 1.29 is 0 Å². The summed E-state index contributed by atoms with van der Waals surface area (Å²) in [6.45, 7) is 2.85. The Hall–Kier alpha value is -0.620. The number of benzene rings is 1. The third kappa shape index (κ3) is 3.67. The van der Waals surface area contributed by atoms with Crippen LogP contribution in [0.5, 0.6) is 0 Å². The maximum absolute atomic E-state index is 4.39. The molecule has 0 radical (unpaired) electrons. The molecule has 4 heteroatoms. The van der Waals surface area contributed by atoms with Crippen molar-refractivity contribution in [3.63, 3.8) is 0 Å². The molecule has 1 aromatic carbocycles. The minimum absolute atomic E-state index is 0.737. The zero-order valence-corrected chi connectivity index (χ0v) is 13.1. The summed E-state index contributed by atoms with van der Waals surface area (Å²) in [5.74, 6) is 0.